The number of hydrogen-bond acceptors (Lipinski definition) is 3. The molecule has 1 aromatic rings. The first-order chi connectivity index (χ1) is 5.72. The summed E-state index contributed by atoms with van der Waals surface area (Å²) in [5, 5.41) is 17.8. The lowest BCUT2D eigenvalue weighted by atomic mass is 10.1. The summed E-state index contributed by atoms with van der Waals surface area (Å²) < 4.78 is 0. The molecule has 0 aliphatic rings. The fourth-order valence-electron chi connectivity index (χ4n) is 0.897. The highest BCUT2D eigenvalue weighted by Gasteiger charge is 2.03. The summed E-state index contributed by atoms with van der Waals surface area (Å²) in [5.41, 5.74) is 0.795. The molecule has 3 heteroatoms. The first-order valence-corrected chi connectivity index (χ1v) is 3.56. The van der Waals surface area contributed by atoms with Crippen molar-refractivity contribution < 1.29 is 15.0 Å². The predicted octanol–water partition coefficient (Wildman–Crippen LogP) is 0.405. The number of carbonyl (C=O) groups excluding carboxylic acids is 1. The van der Waals surface area contributed by atoms with Crippen LogP contribution in [0.5, 0.6) is 5.75 Å². The van der Waals surface area contributed by atoms with Crippen molar-refractivity contribution in [3.05, 3.63) is 29.8 Å². The number of benzene rings is 1. The summed E-state index contributed by atoms with van der Waals surface area (Å²) in [7, 11) is 0. The molecule has 0 aliphatic carbocycles. The van der Waals surface area contributed by atoms with Gasteiger partial charge in [0.1, 0.15) is 11.9 Å². The van der Waals surface area contributed by atoms with Crippen molar-refractivity contribution in [1.29, 1.82) is 0 Å². The third kappa shape index (κ3) is 2.36. The van der Waals surface area contributed by atoms with E-state index in [4.69, 9.17) is 10.2 Å². The summed E-state index contributed by atoms with van der Waals surface area (Å²) in [6.07, 6.45) is 0.636. The minimum atomic E-state index is -1.07. The molecule has 0 saturated carbocycles. The van der Waals surface area contributed by atoms with Crippen molar-refractivity contribution in [1.82, 2.24) is 0 Å². The predicted molar refractivity (Wildman–Crippen MR) is 43.5 cm³/mol. The maximum absolute atomic E-state index is 9.95. The van der Waals surface area contributed by atoms with Gasteiger partial charge in [0.15, 0.2) is 0 Å². The number of aliphatic hydroxyl groups excluding tert-OH is 1. The maximum atomic E-state index is 9.95. The lowest BCUT2D eigenvalue weighted by Crippen LogP contribution is -2.10. The van der Waals surface area contributed by atoms with Crippen molar-refractivity contribution in [2.75, 3.05) is 0 Å². The van der Waals surface area contributed by atoms with Gasteiger partial charge in [-0.3, -0.25) is 4.79 Å². The average Bonchev–Trinajstić information content (AvgIpc) is 2.09. The fourth-order valence-corrected chi connectivity index (χ4v) is 0.897. The summed E-state index contributed by atoms with van der Waals surface area (Å²) in [6.45, 7) is 0. The first kappa shape index (κ1) is 8.74. The lowest BCUT2D eigenvalue weighted by molar-refractivity contribution is 0.235. The van der Waals surface area contributed by atoms with E-state index in [0.29, 0.717) is 0 Å². The normalized spacial score (nSPS) is 12.4. The number of rotatable bonds is 3. The summed E-state index contributed by atoms with van der Waals surface area (Å²) >= 11 is 0. The number of aliphatic hydroxyl groups is 1. The van der Waals surface area contributed by atoms with Crippen molar-refractivity contribution in [3.8, 4) is 5.75 Å². The molecule has 0 saturated heterocycles. The molecule has 63 valence electrons. The van der Waals surface area contributed by atoms with E-state index in [9.17, 15) is 4.79 Å². The van der Waals surface area contributed by atoms with Gasteiger partial charge >= 0.3 is 0 Å². The lowest BCUT2D eigenvalue weighted by Gasteiger charge is -2.01. The van der Waals surface area contributed by atoms with Crippen molar-refractivity contribution in [2.45, 2.75) is 12.5 Å². The Kier molecular flexibility index (Phi) is 2.82. The number of phenols is 1. The molecule has 3 nitrogen and oxygen atoms in total. The van der Waals surface area contributed by atoms with Crippen LogP contribution in [0, 0.1) is 0 Å². The van der Waals surface area contributed by atoms with Gasteiger partial charge in [0, 0.05) is 6.42 Å². The zero-order valence-corrected chi connectivity index (χ0v) is 6.40. The molecule has 0 amide bonds. The molecule has 1 unspecified atom stereocenters. The summed E-state index contributed by atoms with van der Waals surface area (Å²) in [6, 6.07) is 6.31. The van der Waals surface area contributed by atoms with Crippen LogP contribution in [0.4, 0.5) is 0 Å². The molecule has 0 aliphatic heterocycles. The number of hydrogen-bond donors (Lipinski definition) is 2. The Balaban J connectivity index is 2.64. The molecular weight excluding hydrogens is 156 g/mol. The van der Waals surface area contributed by atoms with Gasteiger partial charge in [-0.1, -0.05) is 12.1 Å². The number of aromatic hydroxyl groups is 1. The van der Waals surface area contributed by atoms with E-state index in [-0.39, 0.29) is 12.2 Å². The minimum absolute atomic E-state index is 0.170. The highest BCUT2D eigenvalue weighted by Crippen LogP contribution is 2.10. The SMILES string of the molecule is O=[C]C(O)Cc1ccc(O)cc1. The third-order valence-electron chi connectivity index (χ3n) is 1.50. The van der Waals surface area contributed by atoms with Gasteiger partial charge in [-0.05, 0) is 17.7 Å². The second-order valence-electron chi connectivity index (χ2n) is 2.50. The van der Waals surface area contributed by atoms with Gasteiger partial charge in [-0.15, -0.1) is 0 Å². The van der Waals surface area contributed by atoms with Crippen LogP contribution in [0.3, 0.4) is 0 Å². The molecule has 1 radical (unpaired) electrons. The average molecular weight is 165 g/mol. The topological polar surface area (TPSA) is 57.5 Å². The molecule has 12 heavy (non-hydrogen) atoms. The van der Waals surface area contributed by atoms with Gasteiger partial charge in [-0.25, -0.2) is 0 Å². The van der Waals surface area contributed by atoms with E-state index in [2.05, 4.69) is 0 Å². The standard InChI is InChI=1S/C9H9O3/c10-6-9(12)5-7-1-3-8(11)4-2-7/h1-4,9,11-12H,5H2. The monoisotopic (exact) mass is 165 g/mol. The molecule has 1 aromatic carbocycles. The third-order valence-corrected chi connectivity index (χ3v) is 1.50. The Morgan fingerprint density at radius 2 is 1.92 bits per heavy atom. The van der Waals surface area contributed by atoms with Gasteiger partial charge in [-0.2, -0.15) is 0 Å². The van der Waals surface area contributed by atoms with Gasteiger partial charge in [0.2, 0.25) is 6.29 Å². The largest absolute Gasteiger partial charge is 0.508 e. The van der Waals surface area contributed by atoms with Crippen molar-refractivity contribution in [3.63, 3.8) is 0 Å². The van der Waals surface area contributed by atoms with E-state index in [1.165, 1.54) is 18.4 Å². The summed E-state index contributed by atoms with van der Waals surface area (Å²) in [5.74, 6) is 0.170. The Labute approximate surface area is 70.3 Å². The molecular formula is C9H9O3. The Bertz CT molecular complexity index is 253. The summed E-state index contributed by atoms with van der Waals surface area (Å²) in [4.78, 5) is 9.95. The van der Waals surface area contributed by atoms with Crippen LogP contribution in [0.1, 0.15) is 5.56 Å². The maximum Gasteiger partial charge on any atom is 0.229 e. The smallest absolute Gasteiger partial charge is 0.229 e. The highest BCUT2D eigenvalue weighted by molar-refractivity contribution is 5.57. The Hall–Kier alpha value is -1.35. The van der Waals surface area contributed by atoms with Crippen LogP contribution in [0.2, 0.25) is 0 Å². The van der Waals surface area contributed by atoms with Crippen LogP contribution < -0.4 is 0 Å². The Morgan fingerprint density at radius 3 is 2.42 bits per heavy atom. The van der Waals surface area contributed by atoms with E-state index in [1.807, 2.05) is 0 Å². The quantitative estimate of drug-likeness (QED) is 0.681. The zero-order chi connectivity index (χ0) is 8.97. The van der Waals surface area contributed by atoms with Crippen LogP contribution in [-0.2, 0) is 11.2 Å². The highest BCUT2D eigenvalue weighted by atomic mass is 16.3. The van der Waals surface area contributed by atoms with E-state index < -0.39 is 6.10 Å². The van der Waals surface area contributed by atoms with Crippen LogP contribution in [0.15, 0.2) is 24.3 Å². The molecule has 0 heterocycles. The number of phenolic OH excluding ortho intramolecular Hbond substituents is 1. The van der Waals surface area contributed by atoms with Crippen LogP contribution in [-0.4, -0.2) is 22.6 Å². The molecule has 0 bridgehead atoms. The van der Waals surface area contributed by atoms with Crippen molar-refractivity contribution in [2.24, 2.45) is 0 Å². The van der Waals surface area contributed by atoms with E-state index in [1.54, 1.807) is 12.1 Å². The zero-order valence-electron chi connectivity index (χ0n) is 6.40. The molecule has 0 fully saturated rings. The molecule has 0 spiro atoms. The Morgan fingerprint density at radius 1 is 1.33 bits per heavy atom. The van der Waals surface area contributed by atoms with E-state index >= 15 is 0 Å². The van der Waals surface area contributed by atoms with Gasteiger partial charge in [0.25, 0.3) is 0 Å². The second-order valence-corrected chi connectivity index (χ2v) is 2.50. The van der Waals surface area contributed by atoms with Gasteiger partial charge in [0.05, 0.1) is 0 Å². The van der Waals surface area contributed by atoms with E-state index in [0.717, 1.165) is 5.56 Å². The fraction of sp³-hybridized carbons (Fsp3) is 0.222. The molecule has 2 N–H and O–H groups in total. The second kappa shape index (κ2) is 3.88. The van der Waals surface area contributed by atoms with Crippen LogP contribution in [0.25, 0.3) is 0 Å². The molecule has 0 aromatic heterocycles. The van der Waals surface area contributed by atoms with Gasteiger partial charge < -0.3 is 10.2 Å². The van der Waals surface area contributed by atoms with Crippen LogP contribution >= 0.6 is 0 Å². The molecule has 1 atom stereocenters. The minimum Gasteiger partial charge on any atom is -0.508 e. The van der Waals surface area contributed by atoms with Crippen molar-refractivity contribution >= 4 is 6.29 Å². The molecule has 1 rings (SSSR count). The first-order valence-electron chi connectivity index (χ1n) is 3.56.